The van der Waals surface area contributed by atoms with Gasteiger partial charge in [0, 0.05) is 12.3 Å². The number of aromatic nitrogens is 4. The third-order valence-corrected chi connectivity index (χ3v) is 4.02. The Hall–Kier alpha value is -2.82. The lowest BCUT2D eigenvalue weighted by molar-refractivity contribution is 0.269. The third kappa shape index (κ3) is 4.91. The Morgan fingerprint density at radius 1 is 1.14 bits per heavy atom. The molecule has 2 heterocycles. The molecule has 4 N–H and O–H groups in total. The highest BCUT2D eigenvalue weighted by molar-refractivity contribution is 6.32. The minimum atomic E-state index is -0.835. The molecule has 28 heavy (non-hydrogen) atoms. The van der Waals surface area contributed by atoms with Gasteiger partial charge < -0.3 is 20.8 Å². The molecule has 2 aromatic heterocycles. The number of anilines is 3. The predicted octanol–water partition coefficient (Wildman–Crippen LogP) is 2.49. The summed E-state index contributed by atoms with van der Waals surface area (Å²) in [6, 6.07) is 2.13. The van der Waals surface area contributed by atoms with Crippen LogP contribution in [0, 0.1) is 11.6 Å². The zero-order valence-electron chi connectivity index (χ0n) is 14.5. The Morgan fingerprint density at radius 2 is 1.89 bits per heavy atom. The molecule has 0 unspecified atom stereocenters. The number of aliphatic hydroxyl groups excluding tert-OH is 2. The second-order valence-electron chi connectivity index (χ2n) is 5.81. The van der Waals surface area contributed by atoms with E-state index in [1.807, 2.05) is 0 Å². The number of benzene rings is 1. The van der Waals surface area contributed by atoms with Crippen LogP contribution in [-0.4, -0.2) is 43.2 Å². The molecule has 11 heteroatoms. The van der Waals surface area contributed by atoms with Gasteiger partial charge in [0.05, 0.1) is 43.9 Å². The summed E-state index contributed by atoms with van der Waals surface area (Å²) < 4.78 is 28.5. The number of hydrogen-bond acceptors (Lipinski definition) is 7. The maximum absolute atomic E-state index is 13.5. The molecule has 1 aromatic carbocycles. The van der Waals surface area contributed by atoms with Crippen LogP contribution in [0.4, 0.5) is 26.2 Å². The molecule has 0 saturated heterocycles. The Labute approximate surface area is 163 Å². The van der Waals surface area contributed by atoms with Crippen molar-refractivity contribution >= 4 is 29.1 Å². The van der Waals surface area contributed by atoms with Gasteiger partial charge in [0.25, 0.3) is 0 Å². The normalized spacial score (nSPS) is 12.0. The molecule has 0 amide bonds. The van der Waals surface area contributed by atoms with E-state index in [4.69, 9.17) is 16.7 Å². The topological polar surface area (TPSA) is 108 Å². The van der Waals surface area contributed by atoms with Crippen LogP contribution in [0.5, 0.6) is 0 Å². The molecule has 3 rings (SSSR count). The zero-order valence-corrected chi connectivity index (χ0v) is 15.2. The number of halogens is 3. The zero-order chi connectivity index (χ0) is 20.1. The molecule has 0 aliphatic carbocycles. The van der Waals surface area contributed by atoms with Crippen molar-refractivity contribution in [3.05, 3.63) is 59.0 Å². The molecular formula is C17H17ClF2N6O2. The van der Waals surface area contributed by atoms with Crippen molar-refractivity contribution in [1.29, 1.82) is 0 Å². The van der Waals surface area contributed by atoms with E-state index >= 15 is 0 Å². The molecule has 0 radical (unpaired) electrons. The fourth-order valence-electron chi connectivity index (χ4n) is 2.49. The van der Waals surface area contributed by atoms with Crippen LogP contribution in [0.3, 0.4) is 0 Å². The molecule has 0 fully saturated rings. The standard InChI is InChI=1S/C17H17ClF2N6O2/c18-14-7-21-17(23-13-6-22-26(8-13)1-2-27)25-16(14)24-15(9-28)10-3-11(19)5-12(20)4-10/h3-8,15,27-28H,1-2,9H2,(H2,21,23,24,25)/t15-/m1/s1. The molecule has 0 aliphatic rings. The second-order valence-corrected chi connectivity index (χ2v) is 6.22. The smallest absolute Gasteiger partial charge is 0.229 e. The van der Waals surface area contributed by atoms with Crippen molar-refractivity contribution in [2.75, 3.05) is 23.8 Å². The summed E-state index contributed by atoms with van der Waals surface area (Å²) in [7, 11) is 0. The molecule has 3 aromatic rings. The van der Waals surface area contributed by atoms with E-state index < -0.39 is 24.3 Å². The lowest BCUT2D eigenvalue weighted by atomic mass is 10.1. The lowest BCUT2D eigenvalue weighted by Gasteiger charge is -2.18. The fourth-order valence-corrected chi connectivity index (χ4v) is 2.63. The summed E-state index contributed by atoms with van der Waals surface area (Å²) in [4.78, 5) is 8.29. The number of rotatable bonds is 8. The average Bonchev–Trinajstić information content (AvgIpc) is 3.08. The van der Waals surface area contributed by atoms with E-state index in [9.17, 15) is 13.9 Å². The largest absolute Gasteiger partial charge is 0.394 e. The van der Waals surface area contributed by atoms with Crippen LogP contribution in [-0.2, 0) is 6.54 Å². The summed E-state index contributed by atoms with van der Waals surface area (Å²) in [6.07, 6.45) is 4.54. The van der Waals surface area contributed by atoms with Gasteiger partial charge in [-0.15, -0.1) is 0 Å². The molecule has 0 aliphatic heterocycles. The van der Waals surface area contributed by atoms with E-state index in [1.165, 1.54) is 17.1 Å². The fraction of sp³-hybridized carbons (Fsp3) is 0.235. The van der Waals surface area contributed by atoms with Crippen LogP contribution in [0.15, 0.2) is 36.8 Å². The van der Waals surface area contributed by atoms with Crippen molar-refractivity contribution in [2.24, 2.45) is 0 Å². The van der Waals surface area contributed by atoms with E-state index in [1.54, 1.807) is 6.20 Å². The first-order valence-corrected chi connectivity index (χ1v) is 8.62. The number of hydrogen-bond donors (Lipinski definition) is 4. The van der Waals surface area contributed by atoms with Gasteiger partial charge in [-0.25, -0.2) is 13.8 Å². The molecule has 0 bridgehead atoms. The SMILES string of the molecule is OCCn1cc(Nc2ncc(Cl)c(N[C@H](CO)c3cc(F)cc(F)c3)n2)cn1. The number of nitrogens with zero attached hydrogens (tertiary/aromatic N) is 4. The van der Waals surface area contributed by atoms with Gasteiger partial charge in [0.1, 0.15) is 16.7 Å². The summed E-state index contributed by atoms with van der Waals surface area (Å²) in [5.41, 5.74) is 0.794. The maximum Gasteiger partial charge on any atom is 0.229 e. The highest BCUT2D eigenvalue weighted by Gasteiger charge is 2.16. The van der Waals surface area contributed by atoms with E-state index in [-0.39, 0.29) is 29.0 Å². The monoisotopic (exact) mass is 410 g/mol. The first kappa shape index (κ1) is 19.9. The van der Waals surface area contributed by atoms with Gasteiger partial charge in [-0.2, -0.15) is 10.1 Å². The van der Waals surface area contributed by atoms with E-state index in [0.717, 1.165) is 18.2 Å². The van der Waals surface area contributed by atoms with Crippen LogP contribution in [0.25, 0.3) is 0 Å². The van der Waals surface area contributed by atoms with Crippen LogP contribution < -0.4 is 10.6 Å². The minimum Gasteiger partial charge on any atom is -0.394 e. The van der Waals surface area contributed by atoms with Crippen molar-refractivity contribution < 1.29 is 19.0 Å². The van der Waals surface area contributed by atoms with Crippen molar-refractivity contribution in [3.8, 4) is 0 Å². The summed E-state index contributed by atoms with van der Waals surface area (Å²) in [5, 5.41) is 28.6. The van der Waals surface area contributed by atoms with Gasteiger partial charge >= 0.3 is 0 Å². The van der Waals surface area contributed by atoms with E-state index in [0.29, 0.717) is 12.2 Å². The van der Waals surface area contributed by atoms with Gasteiger partial charge in [0.15, 0.2) is 5.82 Å². The van der Waals surface area contributed by atoms with Crippen LogP contribution in [0.2, 0.25) is 5.02 Å². The summed E-state index contributed by atoms with van der Waals surface area (Å²) in [6.45, 7) is -0.145. The lowest BCUT2D eigenvalue weighted by Crippen LogP contribution is -2.17. The Morgan fingerprint density at radius 3 is 2.57 bits per heavy atom. The van der Waals surface area contributed by atoms with Crippen LogP contribution in [0.1, 0.15) is 11.6 Å². The predicted molar refractivity (Wildman–Crippen MR) is 99.4 cm³/mol. The molecule has 0 saturated carbocycles. The highest BCUT2D eigenvalue weighted by atomic mass is 35.5. The molecule has 148 valence electrons. The maximum atomic E-state index is 13.5. The van der Waals surface area contributed by atoms with Gasteiger partial charge in [-0.05, 0) is 17.7 Å². The van der Waals surface area contributed by atoms with Crippen LogP contribution >= 0.6 is 11.6 Å². The Bertz CT molecular complexity index is 935. The number of nitrogens with one attached hydrogen (secondary N) is 2. The molecule has 0 spiro atoms. The first-order valence-electron chi connectivity index (χ1n) is 8.24. The third-order valence-electron chi connectivity index (χ3n) is 3.74. The first-order chi connectivity index (χ1) is 13.5. The highest BCUT2D eigenvalue weighted by Crippen LogP contribution is 2.26. The number of aliphatic hydroxyl groups is 2. The van der Waals surface area contributed by atoms with Gasteiger partial charge in [0.2, 0.25) is 5.95 Å². The summed E-state index contributed by atoms with van der Waals surface area (Å²) >= 11 is 6.11. The minimum absolute atomic E-state index is 0.0458. The van der Waals surface area contributed by atoms with E-state index in [2.05, 4.69) is 25.7 Å². The van der Waals surface area contributed by atoms with Crippen molar-refractivity contribution in [1.82, 2.24) is 19.7 Å². The summed E-state index contributed by atoms with van der Waals surface area (Å²) in [5.74, 6) is -1.15. The average molecular weight is 411 g/mol. The van der Waals surface area contributed by atoms with Gasteiger partial charge in [-0.3, -0.25) is 4.68 Å². The molecular weight excluding hydrogens is 394 g/mol. The quantitative estimate of drug-likeness (QED) is 0.452. The molecule has 1 atom stereocenters. The van der Waals surface area contributed by atoms with Gasteiger partial charge in [-0.1, -0.05) is 11.6 Å². The van der Waals surface area contributed by atoms with Crippen molar-refractivity contribution in [3.63, 3.8) is 0 Å². The molecule has 8 nitrogen and oxygen atoms in total. The Kier molecular flexibility index (Phi) is 6.34. The van der Waals surface area contributed by atoms with Crippen molar-refractivity contribution in [2.45, 2.75) is 12.6 Å². The second kappa shape index (κ2) is 8.91. The Balaban J connectivity index is 1.79.